The SMILES string of the molecule is C#CC(CCC)NC(N)=NCC. The molecule has 0 aliphatic rings. The zero-order valence-corrected chi connectivity index (χ0v) is 7.80. The summed E-state index contributed by atoms with van der Waals surface area (Å²) in [6, 6.07) is 0.0188. The minimum absolute atomic E-state index is 0.0188. The van der Waals surface area contributed by atoms with Crippen LogP contribution in [0.25, 0.3) is 0 Å². The molecule has 0 amide bonds. The number of terminal acetylenes is 1. The molecule has 3 heteroatoms. The largest absolute Gasteiger partial charge is 0.370 e. The Bertz CT molecular complexity index is 179. The van der Waals surface area contributed by atoms with Crippen LogP contribution < -0.4 is 11.1 Å². The van der Waals surface area contributed by atoms with Crippen LogP contribution in [0, 0.1) is 12.3 Å². The van der Waals surface area contributed by atoms with E-state index in [4.69, 9.17) is 12.2 Å². The summed E-state index contributed by atoms with van der Waals surface area (Å²) in [6.45, 7) is 4.70. The smallest absolute Gasteiger partial charge is 0.189 e. The Morgan fingerprint density at radius 3 is 2.75 bits per heavy atom. The van der Waals surface area contributed by atoms with Gasteiger partial charge in [-0.2, -0.15) is 0 Å². The van der Waals surface area contributed by atoms with Gasteiger partial charge < -0.3 is 11.1 Å². The Kier molecular flexibility index (Phi) is 5.90. The van der Waals surface area contributed by atoms with E-state index in [0.29, 0.717) is 12.5 Å². The van der Waals surface area contributed by atoms with Crippen LogP contribution in [0.1, 0.15) is 26.7 Å². The molecule has 3 N–H and O–H groups in total. The lowest BCUT2D eigenvalue weighted by Gasteiger charge is -2.11. The van der Waals surface area contributed by atoms with Crippen LogP contribution in [-0.4, -0.2) is 18.5 Å². The minimum atomic E-state index is 0.0188. The maximum absolute atomic E-state index is 5.53. The van der Waals surface area contributed by atoms with Gasteiger partial charge in [0.15, 0.2) is 5.96 Å². The summed E-state index contributed by atoms with van der Waals surface area (Å²) in [5, 5.41) is 2.96. The molecule has 12 heavy (non-hydrogen) atoms. The van der Waals surface area contributed by atoms with Gasteiger partial charge in [0.05, 0.1) is 6.04 Å². The van der Waals surface area contributed by atoms with Gasteiger partial charge in [0.1, 0.15) is 0 Å². The molecule has 0 bridgehead atoms. The fourth-order valence-electron chi connectivity index (χ4n) is 0.880. The summed E-state index contributed by atoms with van der Waals surface area (Å²) >= 11 is 0. The Hall–Kier alpha value is -1.17. The zero-order valence-electron chi connectivity index (χ0n) is 7.80. The van der Waals surface area contributed by atoms with E-state index in [9.17, 15) is 0 Å². The predicted octanol–water partition coefficient (Wildman–Crippen LogP) is 0.713. The molecule has 0 aliphatic carbocycles. The highest BCUT2D eigenvalue weighted by Gasteiger charge is 2.02. The Labute approximate surface area is 74.4 Å². The molecule has 0 aromatic rings. The summed E-state index contributed by atoms with van der Waals surface area (Å²) in [5.41, 5.74) is 5.53. The van der Waals surface area contributed by atoms with E-state index in [1.807, 2.05) is 6.92 Å². The van der Waals surface area contributed by atoms with E-state index in [1.165, 1.54) is 0 Å². The fourth-order valence-corrected chi connectivity index (χ4v) is 0.880. The number of nitrogens with one attached hydrogen (secondary N) is 1. The fraction of sp³-hybridized carbons (Fsp3) is 0.667. The molecule has 0 aliphatic heterocycles. The van der Waals surface area contributed by atoms with Crippen molar-refractivity contribution in [1.29, 1.82) is 0 Å². The standard InChI is InChI=1S/C9H17N3/c1-4-7-8(5-2)12-9(10)11-6-3/h2,8H,4,6-7H2,1,3H3,(H3,10,11,12). The monoisotopic (exact) mass is 167 g/mol. The van der Waals surface area contributed by atoms with Gasteiger partial charge in [-0.15, -0.1) is 6.42 Å². The van der Waals surface area contributed by atoms with Crippen LogP contribution in [0.2, 0.25) is 0 Å². The van der Waals surface area contributed by atoms with Gasteiger partial charge in [-0.05, 0) is 13.3 Å². The molecule has 0 spiro atoms. The van der Waals surface area contributed by atoms with E-state index in [1.54, 1.807) is 0 Å². The molecule has 0 saturated carbocycles. The minimum Gasteiger partial charge on any atom is -0.370 e. The molecular formula is C9H17N3. The zero-order chi connectivity index (χ0) is 9.40. The Morgan fingerprint density at radius 2 is 2.33 bits per heavy atom. The maximum Gasteiger partial charge on any atom is 0.189 e. The molecule has 0 fully saturated rings. The van der Waals surface area contributed by atoms with Crippen LogP contribution in [0.5, 0.6) is 0 Å². The van der Waals surface area contributed by atoms with Crippen LogP contribution in [0.3, 0.4) is 0 Å². The van der Waals surface area contributed by atoms with E-state index in [0.717, 1.165) is 12.8 Å². The number of hydrogen-bond donors (Lipinski definition) is 2. The van der Waals surface area contributed by atoms with Crippen molar-refractivity contribution in [2.45, 2.75) is 32.7 Å². The number of nitrogens with zero attached hydrogens (tertiary/aromatic N) is 1. The van der Waals surface area contributed by atoms with Gasteiger partial charge in [-0.25, -0.2) is 0 Å². The molecule has 0 aromatic heterocycles. The average molecular weight is 167 g/mol. The summed E-state index contributed by atoms with van der Waals surface area (Å²) in [6.07, 6.45) is 7.25. The molecule has 0 rings (SSSR count). The summed E-state index contributed by atoms with van der Waals surface area (Å²) in [7, 11) is 0. The number of nitrogens with two attached hydrogens (primary N) is 1. The van der Waals surface area contributed by atoms with Crippen LogP contribution in [-0.2, 0) is 0 Å². The molecular weight excluding hydrogens is 150 g/mol. The van der Waals surface area contributed by atoms with Crippen molar-refractivity contribution < 1.29 is 0 Å². The third-order valence-electron chi connectivity index (χ3n) is 1.43. The molecule has 0 saturated heterocycles. The van der Waals surface area contributed by atoms with Crippen molar-refractivity contribution in [3.8, 4) is 12.3 Å². The van der Waals surface area contributed by atoms with Crippen LogP contribution in [0.15, 0.2) is 4.99 Å². The lowest BCUT2D eigenvalue weighted by Crippen LogP contribution is -2.39. The third-order valence-corrected chi connectivity index (χ3v) is 1.43. The van der Waals surface area contributed by atoms with Crippen molar-refractivity contribution >= 4 is 5.96 Å². The van der Waals surface area contributed by atoms with Gasteiger partial charge in [0.2, 0.25) is 0 Å². The summed E-state index contributed by atoms with van der Waals surface area (Å²) < 4.78 is 0. The first kappa shape index (κ1) is 10.8. The van der Waals surface area contributed by atoms with E-state index < -0.39 is 0 Å². The second-order valence-electron chi connectivity index (χ2n) is 2.51. The van der Waals surface area contributed by atoms with Gasteiger partial charge in [-0.3, -0.25) is 4.99 Å². The normalized spacial score (nSPS) is 13.6. The van der Waals surface area contributed by atoms with Crippen molar-refractivity contribution in [3.63, 3.8) is 0 Å². The number of aliphatic imine (C=N–C) groups is 1. The molecule has 3 nitrogen and oxygen atoms in total. The first-order valence-corrected chi connectivity index (χ1v) is 4.27. The molecule has 68 valence electrons. The highest BCUT2D eigenvalue weighted by Crippen LogP contribution is 1.93. The van der Waals surface area contributed by atoms with Gasteiger partial charge in [0, 0.05) is 6.54 Å². The summed E-state index contributed by atoms with van der Waals surface area (Å²) in [4.78, 5) is 3.98. The van der Waals surface area contributed by atoms with Gasteiger partial charge in [0.25, 0.3) is 0 Å². The van der Waals surface area contributed by atoms with E-state index in [2.05, 4.69) is 23.2 Å². The number of rotatable bonds is 4. The lowest BCUT2D eigenvalue weighted by molar-refractivity contribution is 0.659. The molecule has 1 atom stereocenters. The molecule has 0 heterocycles. The molecule has 1 unspecified atom stereocenters. The number of guanidine groups is 1. The van der Waals surface area contributed by atoms with E-state index >= 15 is 0 Å². The van der Waals surface area contributed by atoms with E-state index in [-0.39, 0.29) is 6.04 Å². The highest BCUT2D eigenvalue weighted by molar-refractivity contribution is 5.78. The van der Waals surface area contributed by atoms with Crippen LogP contribution in [0.4, 0.5) is 0 Å². The van der Waals surface area contributed by atoms with Crippen molar-refractivity contribution in [1.82, 2.24) is 5.32 Å². The highest BCUT2D eigenvalue weighted by atomic mass is 15.1. The van der Waals surface area contributed by atoms with Crippen LogP contribution >= 0.6 is 0 Å². The Morgan fingerprint density at radius 1 is 1.67 bits per heavy atom. The molecule has 0 aromatic carbocycles. The Balaban J connectivity index is 3.87. The van der Waals surface area contributed by atoms with Crippen molar-refractivity contribution in [2.24, 2.45) is 10.7 Å². The lowest BCUT2D eigenvalue weighted by atomic mass is 10.2. The predicted molar refractivity (Wildman–Crippen MR) is 52.8 cm³/mol. The second kappa shape index (κ2) is 6.53. The quantitative estimate of drug-likeness (QED) is 0.368. The summed E-state index contributed by atoms with van der Waals surface area (Å²) in [5.74, 6) is 3.06. The van der Waals surface area contributed by atoms with Gasteiger partial charge in [-0.1, -0.05) is 19.3 Å². The first-order valence-electron chi connectivity index (χ1n) is 4.27. The topological polar surface area (TPSA) is 50.4 Å². The molecule has 0 radical (unpaired) electrons. The second-order valence-corrected chi connectivity index (χ2v) is 2.51. The first-order chi connectivity index (χ1) is 5.74. The number of hydrogen-bond acceptors (Lipinski definition) is 1. The maximum atomic E-state index is 5.53. The van der Waals surface area contributed by atoms with Crippen molar-refractivity contribution in [2.75, 3.05) is 6.54 Å². The average Bonchev–Trinajstić information content (AvgIpc) is 2.04. The van der Waals surface area contributed by atoms with Gasteiger partial charge >= 0.3 is 0 Å². The third kappa shape index (κ3) is 4.62. The van der Waals surface area contributed by atoms with Crippen molar-refractivity contribution in [3.05, 3.63) is 0 Å².